The zero-order chi connectivity index (χ0) is 25.7. The van der Waals surface area contributed by atoms with E-state index in [0.717, 1.165) is 16.8 Å². The van der Waals surface area contributed by atoms with Gasteiger partial charge in [-0.1, -0.05) is 35.9 Å². The average Bonchev–Trinajstić information content (AvgIpc) is 3.38. The number of thiophene rings is 1. The van der Waals surface area contributed by atoms with E-state index in [-0.39, 0.29) is 30.7 Å². The topological polar surface area (TPSA) is 52.7 Å². The molecule has 1 heterocycles. The number of nitrogens with zero attached hydrogens (tertiary/aromatic N) is 2. The quantitative estimate of drug-likeness (QED) is 0.306. The maximum Gasteiger partial charge on any atom is 0.265 e. The smallest absolute Gasteiger partial charge is 0.265 e. The third-order valence-electron chi connectivity index (χ3n) is 5.74. The van der Waals surface area contributed by atoms with E-state index in [1.807, 2.05) is 79.8 Å². The van der Waals surface area contributed by atoms with Crippen LogP contribution in [0.1, 0.15) is 36.7 Å². The molecule has 0 spiro atoms. The van der Waals surface area contributed by atoms with Crippen LogP contribution in [0.3, 0.4) is 0 Å². The Balaban J connectivity index is 1.68. The molecule has 0 aliphatic carbocycles. The van der Waals surface area contributed by atoms with Crippen molar-refractivity contribution in [2.45, 2.75) is 20.0 Å². The first kappa shape index (κ1) is 25.1. The number of carbonyl (C=O) groups excluding carboxylic acids is 2. The zero-order valence-corrected chi connectivity index (χ0v) is 21.3. The normalized spacial score (nSPS) is 10.7. The minimum Gasteiger partial charge on any atom is -0.377 e. The van der Waals surface area contributed by atoms with Crippen molar-refractivity contribution < 1.29 is 14.0 Å². The molecule has 4 aromatic rings. The molecule has 1 aromatic heterocycles. The van der Waals surface area contributed by atoms with Crippen LogP contribution in [0.15, 0.2) is 84.2 Å². The van der Waals surface area contributed by atoms with Crippen LogP contribution in [0.5, 0.6) is 0 Å². The Morgan fingerprint density at radius 3 is 2.42 bits per heavy atom. The van der Waals surface area contributed by atoms with Gasteiger partial charge in [-0.05, 0) is 72.0 Å². The molecule has 5 nitrogen and oxygen atoms in total. The Morgan fingerprint density at radius 2 is 1.72 bits per heavy atom. The summed E-state index contributed by atoms with van der Waals surface area (Å²) in [5, 5.41) is 4.81. The van der Waals surface area contributed by atoms with Gasteiger partial charge in [-0.25, -0.2) is 4.39 Å². The molecule has 0 fully saturated rings. The van der Waals surface area contributed by atoms with Crippen LogP contribution in [0.25, 0.3) is 0 Å². The van der Waals surface area contributed by atoms with Gasteiger partial charge in [-0.2, -0.15) is 0 Å². The summed E-state index contributed by atoms with van der Waals surface area (Å²) in [6.45, 7) is 2.46. The first-order valence-corrected chi connectivity index (χ1v) is 12.4. The van der Waals surface area contributed by atoms with Gasteiger partial charge < -0.3 is 15.1 Å². The maximum atomic E-state index is 13.9. The van der Waals surface area contributed by atoms with Crippen molar-refractivity contribution in [3.8, 4) is 0 Å². The summed E-state index contributed by atoms with van der Waals surface area (Å²) in [4.78, 5) is 30.6. The highest BCUT2D eigenvalue weighted by molar-refractivity contribution is 7.12. The monoisotopic (exact) mass is 501 g/mol. The van der Waals surface area contributed by atoms with E-state index in [4.69, 9.17) is 0 Å². The van der Waals surface area contributed by atoms with Gasteiger partial charge in [0.25, 0.3) is 11.8 Å². The molecular formula is C29H28FN3O2S. The van der Waals surface area contributed by atoms with Crippen LogP contribution in [-0.2, 0) is 13.1 Å². The van der Waals surface area contributed by atoms with E-state index in [9.17, 15) is 14.0 Å². The number of aryl methyl sites for hydroxylation is 1. The molecule has 0 aliphatic heterocycles. The molecule has 0 aliphatic rings. The molecule has 4 rings (SSSR count). The summed E-state index contributed by atoms with van der Waals surface area (Å²) in [7, 11) is 3.87. The summed E-state index contributed by atoms with van der Waals surface area (Å²) in [5.41, 5.74) is 4.68. The zero-order valence-electron chi connectivity index (χ0n) is 20.5. The highest BCUT2D eigenvalue weighted by Gasteiger charge is 2.20. The third-order valence-corrected chi connectivity index (χ3v) is 6.61. The standard InChI is InChI=1S/C29H28FN3O2S/c1-20-7-4-9-22(15-20)29(35)33(18-21-8-5-10-24(30)16-21)19-23-17-25(12-13-26(23)32(2)3)31-28(34)27-11-6-14-36-27/h4-17H,18-19H2,1-3H3,(H,31,34). The number of rotatable bonds is 8. The molecule has 0 radical (unpaired) electrons. The van der Waals surface area contributed by atoms with Gasteiger partial charge in [0.1, 0.15) is 5.82 Å². The number of nitrogens with one attached hydrogen (secondary N) is 1. The van der Waals surface area contributed by atoms with Gasteiger partial charge in [0, 0.05) is 44.1 Å². The summed E-state index contributed by atoms with van der Waals surface area (Å²) in [6.07, 6.45) is 0. The Morgan fingerprint density at radius 1 is 0.917 bits per heavy atom. The van der Waals surface area contributed by atoms with E-state index < -0.39 is 0 Å². The lowest BCUT2D eigenvalue weighted by Gasteiger charge is -2.27. The fraction of sp³-hybridized carbons (Fsp3) is 0.172. The highest BCUT2D eigenvalue weighted by atomic mass is 32.1. The van der Waals surface area contributed by atoms with E-state index in [1.165, 1.54) is 23.5 Å². The molecular weight excluding hydrogens is 473 g/mol. The second-order valence-electron chi connectivity index (χ2n) is 8.83. The number of carbonyl (C=O) groups is 2. The lowest BCUT2D eigenvalue weighted by atomic mass is 10.1. The number of hydrogen-bond acceptors (Lipinski definition) is 4. The minimum atomic E-state index is -0.345. The van der Waals surface area contributed by atoms with Crippen LogP contribution in [0, 0.1) is 12.7 Å². The number of halogens is 1. The van der Waals surface area contributed by atoms with Crippen molar-refractivity contribution in [2.24, 2.45) is 0 Å². The Bertz CT molecular complexity index is 1370. The van der Waals surface area contributed by atoms with E-state index in [0.29, 0.717) is 21.7 Å². The molecule has 0 atom stereocenters. The molecule has 1 N–H and O–H groups in total. The fourth-order valence-corrected chi connectivity index (χ4v) is 4.67. The molecule has 2 amide bonds. The van der Waals surface area contributed by atoms with Crippen molar-refractivity contribution in [3.05, 3.63) is 117 Å². The lowest BCUT2D eigenvalue weighted by molar-refractivity contribution is 0.0729. The first-order valence-electron chi connectivity index (χ1n) is 11.6. The SMILES string of the molecule is Cc1cccc(C(=O)N(Cc2cccc(F)c2)Cc2cc(NC(=O)c3cccs3)ccc2N(C)C)c1. The number of benzene rings is 3. The van der Waals surface area contributed by atoms with Gasteiger partial charge in [0.2, 0.25) is 0 Å². The predicted octanol–water partition coefficient (Wildman–Crippen LogP) is 6.36. The fourth-order valence-electron chi connectivity index (χ4n) is 4.05. The second kappa shape index (κ2) is 11.2. The Labute approximate surface area is 214 Å². The predicted molar refractivity (Wildman–Crippen MR) is 144 cm³/mol. The molecule has 36 heavy (non-hydrogen) atoms. The van der Waals surface area contributed by atoms with Gasteiger partial charge in [0.15, 0.2) is 0 Å². The Kier molecular flexibility index (Phi) is 7.80. The van der Waals surface area contributed by atoms with Crippen molar-refractivity contribution in [3.63, 3.8) is 0 Å². The second-order valence-corrected chi connectivity index (χ2v) is 9.78. The highest BCUT2D eigenvalue weighted by Crippen LogP contribution is 2.27. The summed E-state index contributed by atoms with van der Waals surface area (Å²) >= 11 is 1.37. The molecule has 184 valence electrons. The van der Waals surface area contributed by atoms with Gasteiger partial charge in [0.05, 0.1) is 4.88 Å². The van der Waals surface area contributed by atoms with Crippen LogP contribution >= 0.6 is 11.3 Å². The van der Waals surface area contributed by atoms with Gasteiger partial charge >= 0.3 is 0 Å². The number of amides is 2. The van der Waals surface area contributed by atoms with Crippen molar-refractivity contribution >= 4 is 34.5 Å². The van der Waals surface area contributed by atoms with Gasteiger partial charge in [-0.15, -0.1) is 11.3 Å². The van der Waals surface area contributed by atoms with E-state index in [1.54, 1.807) is 23.1 Å². The minimum absolute atomic E-state index is 0.152. The van der Waals surface area contributed by atoms with Crippen LogP contribution in [0.4, 0.5) is 15.8 Å². The Hall–Kier alpha value is -3.97. The van der Waals surface area contributed by atoms with Gasteiger partial charge in [-0.3, -0.25) is 9.59 Å². The molecule has 0 saturated heterocycles. The number of anilines is 2. The molecule has 0 unspecified atom stereocenters. The van der Waals surface area contributed by atoms with Crippen molar-refractivity contribution in [1.82, 2.24) is 4.90 Å². The largest absolute Gasteiger partial charge is 0.377 e. The molecule has 0 bridgehead atoms. The van der Waals surface area contributed by atoms with Crippen LogP contribution in [-0.4, -0.2) is 30.8 Å². The lowest BCUT2D eigenvalue weighted by Crippen LogP contribution is -2.31. The molecule has 3 aromatic carbocycles. The summed E-state index contributed by atoms with van der Waals surface area (Å²) in [5.74, 6) is -0.676. The van der Waals surface area contributed by atoms with E-state index >= 15 is 0 Å². The van der Waals surface area contributed by atoms with E-state index in [2.05, 4.69) is 5.32 Å². The average molecular weight is 502 g/mol. The third kappa shape index (κ3) is 6.17. The summed E-state index contributed by atoms with van der Waals surface area (Å²) in [6, 6.07) is 23.0. The maximum absolute atomic E-state index is 13.9. The van der Waals surface area contributed by atoms with Crippen LogP contribution < -0.4 is 10.2 Å². The summed E-state index contributed by atoms with van der Waals surface area (Å²) < 4.78 is 13.9. The first-order chi connectivity index (χ1) is 17.3. The molecule has 0 saturated carbocycles. The van der Waals surface area contributed by atoms with Crippen molar-refractivity contribution in [1.29, 1.82) is 0 Å². The number of hydrogen-bond donors (Lipinski definition) is 1. The van der Waals surface area contributed by atoms with Crippen LogP contribution in [0.2, 0.25) is 0 Å². The van der Waals surface area contributed by atoms with Crippen molar-refractivity contribution in [2.75, 3.05) is 24.3 Å². The molecule has 7 heteroatoms.